The van der Waals surface area contributed by atoms with E-state index < -0.39 is 0 Å². The van der Waals surface area contributed by atoms with Crippen LogP contribution in [0.15, 0.2) is 48.5 Å². The van der Waals surface area contributed by atoms with Gasteiger partial charge in [0.2, 0.25) is 0 Å². The summed E-state index contributed by atoms with van der Waals surface area (Å²) in [7, 11) is 0. The zero-order valence-corrected chi connectivity index (χ0v) is 16.7. The van der Waals surface area contributed by atoms with E-state index in [1.807, 2.05) is 31.2 Å². The van der Waals surface area contributed by atoms with E-state index in [2.05, 4.69) is 33.2 Å². The number of hydrogen-bond donors (Lipinski definition) is 2. The van der Waals surface area contributed by atoms with Crippen molar-refractivity contribution in [2.75, 3.05) is 25.1 Å². The minimum absolute atomic E-state index is 0.244. The van der Waals surface area contributed by atoms with Gasteiger partial charge in [0.25, 0.3) is 5.91 Å². The smallest absolute Gasteiger partial charge is 0.257 e. The molecule has 0 atom stereocenters. The molecule has 0 spiro atoms. The van der Waals surface area contributed by atoms with Gasteiger partial charge in [-0.25, -0.2) is 0 Å². The van der Waals surface area contributed by atoms with Crippen LogP contribution in [0.1, 0.15) is 17.3 Å². The summed E-state index contributed by atoms with van der Waals surface area (Å²) in [6.07, 6.45) is 0. The monoisotopic (exact) mass is 470 g/mol. The van der Waals surface area contributed by atoms with Crippen molar-refractivity contribution in [3.8, 4) is 5.75 Å². The molecule has 0 unspecified atom stereocenters. The second-order valence-electron chi connectivity index (χ2n) is 4.99. The summed E-state index contributed by atoms with van der Waals surface area (Å²) in [5, 5.41) is 5.89. The maximum Gasteiger partial charge on any atom is 0.257 e. The van der Waals surface area contributed by atoms with Crippen molar-refractivity contribution in [1.82, 2.24) is 5.32 Å². The van der Waals surface area contributed by atoms with Crippen molar-refractivity contribution < 1.29 is 14.3 Å². The summed E-state index contributed by atoms with van der Waals surface area (Å²) in [4.78, 5) is 12.3. The average molecular weight is 470 g/mol. The van der Waals surface area contributed by atoms with Gasteiger partial charge in [-0.05, 0) is 84.2 Å². The lowest BCUT2D eigenvalue weighted by molar-refractivity contribution is 0.0976. The lowest BCUT2D eigenvalue weighted by atomic mass is 10.2. The fourth-order valence-electron chi connectivity index (χ4n) is 1.96. The molecule has 0 aliphatic carbocycles. The number of hydrogen-bond acceptors (Lipinski definition) is 4. The third kappa shape index (κ3) is 6.97. The first-order valence-corrected chi connectivity index (χ1v) is 9.25. The summed E-state index contributed by atoms with van der Waals surface area (Å²) in [6.45, 7) is 3.53. The van der Waals surface area contributed by atoms with Gasteiger partial charge in [-0.2, -0.15) is 0 Å². The number of carbonyl (C=O) groups is 1. The van der Waals surface area contributed by atoms with Crippen LogP contribution < -0.4 is 15.4 Å². The molecule has 0 aliphatic rings. The highest BCUT2D eigenvalue weighted by molar-refractivity contribution is 14.1. The Bertz CT molecular complexity index is 723. The van der Waals surface area contributed by atoms with E-state index in [1.165, 1.54) is 0 Å². The van der Waals surface area contributed by atoms with E-state index in [0.29, 0.717) is 31.1 Å². The number of benzene rings is 2. The molecule has 5 nitrogen and oxygen atoms in total. The molecule has 0 saturated carbocycles. The molecule has 0 heterocycles. The molecule has 2 N–H and O–H groups in total. The van der Waals surface area contributed by atoms with Crippen molar-refractivity contribution in [3.63, 3.8) is 0 Å². The van der Waals surface area contributed by atoms with Crippen molar-refractivity contribution in [1.29, 1.82) is 0 Å². The summed E-state index contributed by atoms with van der Waals surface area (Å²) >= 11 is 7.41. The third-order valence-electron chi connectivity index (χ3n) is 3.13. The van der Waals surface area contributed by atoms with Crippen LogP contribution in [0, 0.1) is 3.57 Å². The first-order valence-electron chi connectivity index (χ1n) is 7.77. The van der Waals surface area contributed by atoms with Crippen LogP contribution in [0.4, 0.5) is 5.69 Å². The first-order chi connectivity index (χ1) is 12.1. The van der Waals surface area contributed by atoms with Crippen LogP contribution in [-0.2, 0) is 4.74 Å². The van der Waals surface area contributed by atoms with Gasteiger partial charge in [-0.1, -0.05) is 6.07 Å². The van der Waals surface area contributed by atoms with Gasteiger partial charge in [0.1, 0.15) is 12.4 Å². The van der Waals surface area contributed by atoms with Crippen LogP contribution in [-0.4, -0.2) is 30.8 Å². The van der Waals surface area contributed by atoms with E-state index in [-0.39, 0.29) is 11.0 Å². The summed E-state index contributed by atoms with van der Waals surface area (Å²) < 4.78 is 11.9. The third-order valence-corrected chi connectivity index (χ3v) is 4.05. The summed E-state index contributed by atoms with van der Waals surface area (Å²) in [6, 6.07) is 14.6. The van der Waals surface area contributed by atoms with Gasteiger partial charge < -0.3 is 14.8 Å². The number of nitrogens with one attached hydrogen (secondary N) is 2. The number of carbonyl (C=O) groups excluding carboxylic acids is 1. The van der Waals surface area contributed by atoms with Crippen molar-refractivity contribution in [2.45, 2.75) is 6.92 Å². The van der Waals surface area contributed by atoms with E-state index in [9.17, 15) is 4.79 Å². The minimum Gasteiger partial charge on any atom is -0.491 e. The average Bonchev–Trinajstić information content (AvgIpc) is 2.61. The molecule has 0 saturated heterocycles. The maximum atomic E-state index is 12.3. The van der Waals surface area contributed by atoms with Gasteiger partial charge in [0.15, 0.2) is 5.11 Å². The molecule has 2 rings (SSSR count). The van der Waals surface area contributed by atoms with E-state index in [1.54, 1.807) is 24.3 Å². The van der Waals surface area contributed by atoms with Gasteiger partial charge in [-0.15, -0.1) is 0 Å². The Kier molecular flexibility index (Phi) is 8.10. The van der Waals surface area contributed by atoms with E-state index in [4.69, 9.17) is 21.7 Å². The molecule has 25 heavy (non-hydrogen) atoms. The molecule has 7 heteroatoms. The topological polar surface area (TPSA) is 59.6 Å². The largest absolute Gasteiger partial charge is 0.491 e. The van der Waals surface area contributed by atoms with Gasteiger partial charge in [0.05, 0.1) is 6.61 Å². The highest BCUT2D eigenvalue weighted by Crippen LogP contribution is 2.14. The van der Waals surface area contributed by atoms with Gasteiger partial charge in [-0.3, -0.25) is 10.1 Å². The van der Waals surface area contributed by atoms with Crippen molar-refractivity contribution in [2.24, 2.45) is 0 Å². The summed E-state index contributed by atoms with van der Waals surface area (Å²) in [5.74, 6) is 0.321. The quantitative estimate of drug-likeness (QED) is 0.366. The number of rotatable bonds is 7. The number of thiocarbonyl (C=S) groups is 1. The second kappa shape index (κ2) is 10.3. The predicted molar refractivity (Wildman–Crippen MR) is 111 cm³/mol. The Morgan fingerprint density at radius 2 is 1.92 bits per heavy atom. The Hall–Kier alpha value is -1.71. The minimum atomic E-state index is -0.293. The molecule has 0 aliphatic heterocycles. The Morgan fingerprint density at radius 1 is 1.16 bits per heavy atom. The number of halogens is 1. The van der Waals surface area contributed by atoms with Crippen LogP contribution in [0.2, 0.25) is 0 Å². The molecule has 132 valence electrons. The molecule has 0 bridgehead atoms. The molecule has 2 aromatic carbocycles. The van der Waals surface area contributed by atoms with E-state index >= 15 is 0 Å². The molecule has 0 fully saturated rings. The van der Waals surface area contributed by atoms with Crippen LogP contribution in [0.5, 0.6) is 5.75 Å². The standard InChI is InChI=1S/C18H19IN2O3S/c1-2-23-10-11-24-16-5-3-4-13(12-16)17(22)21-18(25)20-15-8-6-14(19)7-9-15/h3-9,12H,2,10-11H2,1H3,(H2,20,21,22,25). The fourth-order valence-corrected chi connectivity index (χ4v) is 2.53. The number of ether oxygens (including phenoxy) is 2. The Labute approximate surface area is 166 Å². The molecular weight excluding hydrogens is 451 g/mol. The Balaban J connectivity index is 1.89. The predicted octanol–water partition coefficient (Wildman–Crippen LogP) is 3.83. The second-order valence-corrected chi connectivity index (χ2v) is 6.64. The molecule has 0 aromatic heterocycles. The normalized spacial score (nSPS) is 10.2. The van der Waals surface area contributed by atoms with Crippen molar-refractivity contribution in [3.05, 3.63) is 57.7 Å². The van der Waals surface area contributed by atoms with Crippen LogP contribution in [0.3, 0.4) is 0 Å². The maximum absolute atomic E-state index is 12.3. The Morgan fingerprint density at radius 3 is 2.64 bits per heavy atom. The van der Waals surface area contributed by atoms with Gasteiger partial charge in [0, 0.05) is 21.4 Å². The molecule has 1 amide bonds. The number of anilines is 1. The molecular formula is C18H19IN2O3S. The highest BCUT2D eigenvalue weighted by atomic mass is 127. The number of amides is 1. The van der Waals surface area contributed by atoms with Crippen molar-refractivity contribution >= 4 is 51.5 Å². The van der Waals surface area contributed by atoms with Crippen LogP contribution >= 0.6 is 34.8 Å². The lowest BCUT2D eigenvalue weighted by Gasteiger charge is -2.11. The molecule has 2 aromatic rings. The fraction of sp³-hybridized carbons (Fsp3) is 0.222. The van der Waals surface area contributed by atoms with E-state index in [0.717, 1.165) is 9.26 Å². The van der Waals surface area contributed by atoms with Gasteiger partial charge >= 0.3 is 0 Å². The summed E-state index contributed by atoms with van der Waals surface area (Å²) in [5.41, 5.74) is 1.29. The highest BCUT2D eigenvalue weighted by Gasteiger charge is 2.09. The lowest BCUT2D eigenvalue weighted by Crippen LogP contribution is -2.34. The van der Waals surface area contributed by atoms with Crippen LogP contribution in [0.25, 0.3) is 0 Å². The zero-order valence-electron chi connectivity index (χ0n) is 13.8. The molecule has 0 radical (unpaired) electrons. The first kappa shape index (κ1) is 19.6. The SMILES string of the molecule is CCOCCOc1cccc(C(=O)NC(=S)Nc2ccc(I)cc2)c1. The zero-order chi connectivity index (χ0) is 18.1.